The molecule has 6 heteroatoms. The second kappa shape index (κ2) is 4.69. The summed E-state index contributed by atoms with van der Waals surface area (Å²) in [6.07, 6.45) is -0.846. The molecule has 0 saturated carbocycles. The first-order valence-corrected chi connectivity index (χ1v) is 5.81. The van der Waals surface area contributed by atoms with E-state index in [0.29, 0.717) is 26.2 Å². The van der Waals surface area contributed by atoms with Crippen LogP contribution in [0.4, 0.5) is 10.6 Å². The van der Waals surface area contributed by atoms with E-state index >= 15 is 0 Å². The van der Waals surface area contributed by atoms with Crippen LogP contribution in [0.2, 0.25) is 0 Å². The molecule has 0 aliphatic carbocycles. The van der Waals surface area contributed by atoms with Gasteiger partial charge in [0.25, 0.3) is 0 Å². The zero-order valence-corrected chi connectivity index (χ0v) is 10.2. The average molecular weight is 286 g/mol. The van der Waals surface area contributed by atoms with Crippen molar-refractivity contribution in [1.82, 2.24) is 9.88 Å². The maximum absolute atomic E-state index is 10.7. The van der Waals surface area contributed by atoms with E-state index in [4.69, 9.17) is 5.11 Å². The summed E-state index contributed by atoms with van der Waals surface area (Å²) in [5.74, 6) is 0.888. The monoisotopic (exact) mass is 285 g/mol. The van der Waals surface area contributed by atoms with Gasteiger partial charge in [-0.1, -0.05) is 6.07 Å². The Morgan fingerprint density at radius 2 is 2.00 bits per heavy atom. The molecule has 0 bridgehead atoms. The predicted octanol–water partition coefficient (Wildman–Crippen LogP) is 1.64. The number of hydrogen-bond donors (Lipinski definition) is 1. The number of rotatable bonds is 1. The third-order valence-electron chi connectivity index (χ3n) is 2.57. The standard InChI is InChI=1S/C10H12BrN3O2/c11-8-2-1-3-9(12-8)13-4-6-14(7-5-13)10(15)16/h1-3H,4-7H2,(H,15,16). The van der Waals surface area contributed by atoms with Crippen molar-refractivity contribution < 1.29 is 9.90 Å². The van der Waals surface area contributed by atoms with Gasteiger partial charge in [0.05, 0.1) is 0 Å². The molecule has 1 aromatic heterocycles. The minimum atomic E-state index is -0.846. The first-order valence-electron chi connectivity index (χ1n) is 5.02. The van der Waals surface area contributed by atoms with Crippen LogP contribution in [0.1, 0.15) is 0 Å². The lowest BCUT2D eigenvalue weighted by atomic mass is 10.3. The van der Waals surface area contributed by atoms with Crippen LogP contribution in [-0.4, -0.2) is 47.3 Å². The second-order valence-electron chi connectivity index (χ2n) is 3.58. The van der Waals surface area contributed by atoms with Gasteiger partial charge in [-0.3, -0.25) is 0 Å². The van der Waals surface area contributed by atoms with Crippen LogP contribution in [-0.2, 0) is 0 Å². The van der Waals surface area contributed by atoms with Crippen molar-refractivity contribution in [2.75, 3.05) is 31.1 Å². The summed E-state index contributed by atoms with van der Waals surface area (Å²) >= 11 is 3.32. The van der Waals surface area contributed by atoms with Gasteiger partial charge in [0, 0.05) is 26.2 Å². The lowest BCUT2D eigenvalue weighted by molar-refractivity contribution is 0.142. The molecule has 1 aromatic rings. The molecule has 1 N–H and O–H groups in total. The van der Waals surface area contributed by atoms with Crippen molar-refractivity contribution in [1.29, 1.82) is 0 Å². The average Bonchev–Trinajstić information content (AvgIpc) is 2.29. The summed E-state index contributed by atoms with van der Waals surface area (Å²) < 4.78 is 0.797. The molecular weight excluding hydrogens is 274 g/mol. The maximum atomic E-state index is 10.7. The quantitative estimate of drug-likeness (QED) is 0.797. The van der Waals surface area contributed by atoms with E-state index in [1.165, 1.54) is 4.90 Å². The van der Waals surface area contributed by atoms with Gasteiger partial charge in [0.15, 0.2) is 0 Å². The first-order chi connectivity index (χ1) is 7.66. The van der Waals surface area contributed by atoms with E-state index in [1.54, 1.807) is 0 Å². The molecule has 2 rings (SSSR count). The van der Waals surface area contributed by atoms with Crippen molar-refractivity contribution >= 4 is 27.8 Å². The van der Waals surface area contributed by atoms with Crippen LogP contribution in [0.25, 0.3) is 0 Å². The lowest BCUT2D eigenvalue weighted by Crippen LogP contribution is -2.48. The molecule has 1 fully saturated rings. The zero-order chi connectivity index (χ0) is 11.5. The van der Waals surface area contributed by atoms with Crippen LogP contribution in [0.15, 0.2) is 22.8 Å². The van der Waals surface area contributed by atoms with Gasteiger partial charge in [0.1, 0.15) is 10.4 Å². The Bertz CT molecular complexity index is 391. The highest BCUT2D eigenvalue weighted by atomic mass is 79.9. The molecule has 0 aromatic carbocycles. The Balaban J connectivity index is 2.01. The summed E-state index contributed by atoms with van der Waals surface area (Å²) in [7, 11) is 0. The fraction of sp³-hybridized carbons (Fsp3) is 0.400. The van der Waals surface area contributed by atoms with Gasteiger partial charge in [-0.2, -0.15) is 0 Å². The zero-order valence-electron chi connectivity index (χ0n) is 8.64. The van der Waals surface area contributed by atoms with E-state index in [2.05, 4.69) is 25.8 Å². The fourth-order valence-electron chi connectivity index (χ4n) is 1.70. The van der Waals surface area contributed by atoms with Crippen LogP contribution in [0, 0.1) is 0 Å². The second-order valence-corrected chi connectivity index (χ2v) is 4.39. The minimum Gasteiger partial charge on any atom is -0.465 e. The van der Waals surface area contributed by atoms with E-state index in [-0.39, 0.29) is 0 Å². The molecule has 0 atom stereocenters. The third-order valence-corrected chi connectivity index (χ3v) is 3.02. The number of halogens is 1. The number of nitrogens with zero attached hydrogens (tertiary/aromatic N) is 3. The number of carboxylic acid groups (broad SMARTS) is 1. The Morgan fingerprint density at radius 3 is 2.56 bits per heavy atom. The van der Waals surface area contributed by atoms with Gasteiger partial charge in [-0.15, -0.1) is 0 Å². The molecule has 1 aliphatic rings. The SMILES string of the molecule is O=C(O)N1CCN(c2cccc(Br)n2)CC1. The number of pyridine rings is 1. The Morgan fingerprint density at radius 1 is 1.31 bits per heavy atom. The summed E-state index contributed by atoms with van der Waals surface area (Å²) in [5.41, 5.74) is 0. The normalized spacial score (nSPS) is 16.3. The molecule has 1 amide bonds. The molecule has 0 spiro atoms. The smallest absolute Gasteiger partial charge is 0.407 e. The predicted molar refractivity (Wildman–Crippen MR) is 63.7 cm³/mol. The molecule has 16 heavy (non-hydrogen) atoms. The lowest BCUT2D eigenvalue weighted by Gasteiger charge is -2.33. The van der Waals surface area contributed by atoms with Crippen molar-refractivity contribution in [2.45, 2.75) is 0 Å². The largest absolute Gasteiger partial charge is 0.465 e. The third kappa shape index (κ3) is 2.44. The molecular formula is C10H12BrN3O2. The fourth-order valence-corrected chi connectivity index (χ4v) is 2.03. The van der Waals surface area contributed by atoms with Gasteiger partial charge in [0.2, 0.25) is 0 Å². The molecule has 0 unspecified atom stereocenters. The van der Waals surface area contributed by atoms with Crippen LogP contribution >= 0.6 is 15.9 Å². The summed E-state index contributed by atoms with van der Waals surface area (Å²) in [6.45, 7) is 2.44. The van der Waals surface area contributed by atoms with Gasteiger partial charge in [-0.25, -0.2) is 9.78 Å². The summed E-state index contributed by atoms with van der Waals surface area (Å²) in [5, 5.41) is 8.82. The molecule has 1 saturated heterocycles. The molecule has 5 nitrogen and oxygen atoms in total. The Hall–Kier alpha value is -1.30. The highest BCUT2D eigenvalue weighted by Crippen LogP contribution is 2.16. The molecule has 0 radical (unpaired) electrons. The topological polar surface area (TPSA) is 56.7 Å². The van der Waals surface area contributed by atoms with Gasteiger partial charge < -0.3 is 14.9 Å². The molecule has 86 valence electrons. The summed E-state index contributed by atoms with van der Waals surface area (Å²) in [6, 6.07) is 5.73. The van der Waals surface area contributed by atoms with Crippen LogP contribution < -0.4 is 4.90 Å². The molecule has 1 aliphatic heterocycles. The Labute approximate surface area is 102 Å². The summed E-state index contributed by atoms with van der Waals surface area (Å²) in [4.78, 5) is 18.6. The number of carbonyl (C=O) groups is 1. The van der Waals surface area contributed by atoms with Crippen molar-refractivity contribution in [3.63, 3.8) is 0 Å². The van der Waals surface area contributed by atoms with Crippen molar-refractivity contribution in [3.05, 3.63) is 22.8 Å². The number of aromatic nitrogens is 1. The number of anilines is 1. The number of piperazine rings is 1. The van der Waals surface area contributed by atoms with E-state index < -0.39 is 6.09 Å². The van der Waals surface area contributed by atoms with E-state index in [9.17, 15) is 4.79 Å². The van der Waals surface area contributed by atoms with Crippen molar-refractivity contribution in [3.8, 4) is 0 Å². The minimum absolute atomic E-state index is 0.531. The first kappa shape index (κ1) is 11.2. The van der Waals surface area contributed by atoms with E-state index in [0.717, 1.165) is 10.4 Å². The van der Waals surface area contributed by atoms with E-state index in [1.807, 2.05) is 18.2 Å². The van der Waals surface area contributed by atoms with Crippen LogP contribution in [0.3, 0.4) is 0 Å². The maximum Gasteiger partial charge on any atom is 0.407 e. The number of hydrogen-bond acceptors (Lipinski definition) is 3. The van der Waals surface area contributed by atoms with Crippen LogP contribution in [0.5, 0.6) is 0 Å². The Kier molecular flexibility index (Phi) is 3.28. The number of amides is 1. The van der Waals surface area contributed by atoms with Gasteiger partial charge in [-0.05, 0) is 28.1 Å². The van der Waals surface area contributed by atoms with Crippen molar-refractivity contribution in [2.24, 2.45) is 0 Å². The highest BCUT2D eigenvalue weighted by Gasteiger charge is 2.20. The highest BCUT2D eigenvalue weighted by molar-refractivity contribution is 9.10. The molecule has 2 heterocycles. The van der Waals surface area contributed by atoms with Gasteiger partial charge >= 0.3 is 6.09 Å².